The standard InChI is InChI=1S/C25H20ClN3O5S/c1-2-33-22-12-17(8-11-21(22)34-15-16-6-4-3-5-7-16)13-23-24(30)28-25(35-23)27-20-10-9-18(29(31)32)14-19(20)26/h3-14H,2,15H2,1H3,(H,27,28,30)/b23-13+. The summed E-state index contributed by atoms with van der Waals surface area (Å²) in [6.07, 6.45) is 1.73. The monoisotopic (exact) mass is 509 g/mol. The number of halogens is 1. The number of non-ortho nitro benzene ring substituents is 1. The van der Waals surface area contributed by atoms with Gasteiger partial charge in [-0.15, -0.1) is 0 Å². The molecular weight excluding hydrogens is 490 g/mol. The minimum atomic E-state index is -0.537. The Morgan fingerprint density at radius 1 is 1.09 bits per heavy atom. The van der Waals surface area contributed by atoms with Crippen molar-refractivity contribution in [2.45, 2.75) is 13.5 Å². The van der Waals surface area contributed by atoms with Gasteiger partial charge in [-0.25, -0.2) is 4.99 Å². The fourth-order valence-corrected chi connectivity index (χ4v) is 4.23. The van der Waals surface area contributed by atoms with Crippen molar-refractivity contribution in [3.8, 4) is 11.5 Å². The molecule has 1 fully saturated rings. The predicted molar refractivity (Wildman–Crippen MR) is 137 cm³/mol. The van der Waals surface area contributed by atoms with Gasteiger partial charge in [-0.2, -0.15) is 0 Å². The van der Waals surface area contributed by atoms with Gasteiger partial charge in [0, 0.05) is 12.1 Å². The molecule has 0 unspecified atom stereocenters. The van der Waals surface area contributed by atoms with Gasteiger partial charge in [-0.3, -0.25) is 14.9 Å². The van der Waals surface area contributed by atoms with Crippen molar-refractivity contribution < 1.29 is 19.2 Å². The van der Waals surface area contributed by atoms with E-state index in [0.717, 1.165) is 22.9 Å². The molecule has 0 radical (unpaired) electrons. The van der Waals surface area contributed by atoms with Gasteiger partial charge in [0.15, 0.2) is 16.7 Å². The summed E-state index contributed by atoms with van der Waals surface area (Å²) in [6.45, 7) is 2.76. The molecule has 1 aliphatic heterocycles. The molecule has 1 aliphatic rings. The van der Waals surface area contributed by atoms with Crippen molar-refractivity contribution >= 4 is 51.9 Å². The summed E-state index contributed by atoms with van der Waals surface area (Å²) >= 11 is 7.25. The Morgan fingerprint density at radius 3 is 2.60 bits per heavy atom. The van der Waals surface area contributed by atoms with Gasteiger partial charge in [0.25, 0.3) is 11.6 Å². The lowest BCUT2D eigenvalue weighted by Crippen LogP contribution is -2.19. The van der Waals surface area contributed by atoms with E-state index < -0.39 is 4.92 Å². The largest absolute Gasteiger partial charge is 0.490 e. The molecule has 1 N–H and O–H groups in total. The molecule has 1 saturated heterocycles. The third kappa shape index (κ3) is 6.20. The van der Waals surface area contributed by atoms with E-state index in [-0.39, 0.29) is 16.6 Å². The number of nitro groups is 1. The smallest absolute Gasteiger partial charge is 0.271 e. The number of rotatable bonds is 8. The molecule has 10 heteroatoms. The number of hydrogen-bond acceptors (Lipinski definition) is 7. The van der Waals surface area contributed by atoms with E-state index in [1.807, 2.05) is 55.5 Å². The van der Waals surface area contributed by atoms with Crippen molar-refractivity contribution in [1.29, 1.82) is 0 Å². The first-order chi connectivity index (χ1) is 16.9. The molecule has 0 atom stereocenters. The number of nitrogens with zero attached hydrogens (tertiary/aromatic N) is 2. The summed E-state index contributed by atoms with van der Waals surface area (Å²) in [5.74, 6) is 0.873. The molecule has 0 saturated carbocycles. The molecule has 0 aliphatic carbocycles. The van der Waals surface area contributed by atoms with Crippen LogP contribution >= 0.6 is 23.4 Å². The topological polar surface area (TPSA) is 103 Å². The number of carbonyl (C=O) groups is 1. The molecule has 1 amide bonds. The highest BCUT2D eigenvalue weighted by molar-refractivity contribution is 8.18. The Morgan fingerprint density at radius 2 is 1.89 bits per heavy atom. The zero-order chi connectivity index (χ0) is 24.8. The zero-order valence-corrected chi connectivity index (χ0v) is 20.1. The summed E-state index contributed by atoms with van der Waals surface area (Å²) < 4.78 is 11.7. The van der Waals surface area contributed by atoms with Gasteiger partial charge < -0.3 is 14.8 Å². The van der Waals surface area contributed by atoms with Gasteiger partial charge in [0.2, 0.25) is 0 Å². The van der Waals surface area contributed by atoms with Crippen LogP contribution < -0.4 is 14.8 Å². The van der Waals surface area contributed by atoms with E-state index in [9.17, 15) is 14.9 Å². The van der Waals surface area contributed by atoms with Gasteiger partial charge in [-0.1, -0.05) is 48.0 Å². The number of benzene rings is 3. The summed E-state index contributed by atoms with van der Waals surface area (Å²) in [7, 11) is 0. The number of thioether (sulfide) groups is 1. The Bertz CT molecular complexity index is 1330. The lowest BCUT2D eigenvalue weighted by atomic mass is 10.2. The third-order valence-electron chi connectivity index (χ3n) is 4.82. The second kappa shape index (κ2) is 11.1. The Balaban J connectivity index is 1.51. The van der Waals surface area contributed by atoms with Gasteiger partial charge >= 0.3 is 0 Å². The van der Waals surface area contributed by atoms with Crippen LogP contribution in [0.1, 0.15) is 18.1 Å². The molecule has 178 valence electrons. The quantitative estimate of drug-likeness (QED) is 0.223. The van der Waals surface area contributed by atoms with Crippen molar-refractivity contribution in [3.05, 3.63) is 97.9 Å². The van der Waals surface area contributed by atoms with Crippen LogP contribution in [0.5, 0.6) is 11.5 Å². The van der Waals surface area contributed by atoms with Crippen LogP contribution in [0.25, 0.3) is 6.08 Å². The van der Waals surface area contributed by atoms with E-state index >= 15 is 0 Å². The second-order valence-electron chi connectivity index (χ2n) is 7.29. The molecular formula is C25H20ClN3O5S. The van der Waals surface area contributed by atoms with Gasteiger partial charge in [-0.05, 0) is 54.1 Å². The molecule has 0 spiro atoms. The zero-order valence-electron chi connectivity index (χ0n) is 18.6. The van der Waals surface area contributed by atoms with Crippen molar-refractivity contribution in [3.63, 3.8) is 0 Å². The third-order valence-corrected chi connectivity index (χ3v) is 6.03. The number of nitro benzene ring substituents is 1. The lowest BCUT2D eigenvalue weighted by Gasteiger charge is -2.13. The predicted octanol–water partition coefficient (Wildman–Crippen LogP) is 6.12. The van der Waals surface area contributed by atoms with E-state index in [1.165, 1.54) is 18.2 Å². The van der Waals surface area contributed by atoms with Crippen LogP contribution in [-0.4, -0.2) is 22.6 Å². The van der Waals surface area contributed by atoms with Crippen LogP contribution in [0.3, 0.4) is 0 Å². The van der Waals surface area contributed by atoms with E-state index in [0.29, 0.717) is 40.5 Å². The molecule has 3 aromatic carbocycles. The summed E-state index contributed by atoms with van der Waals surface area (Å²) in [5, 5.41) is 14.0. The van der Waals surface area contributed by atoms with Crippen LogP contribution in [0.2, 0.25) is 5.02 Å². The highest BCUT2D eigenvalue weighted by Crippen LogP contribution is 2.34. The maximum Gasteiger partial charge on any atom is 0.271 e. The van der Waals surface area contributed by atoms with Crippen molar-refractivity contribution in [2.24, 2.45) is 4.99 Å². The van der Waals surface area contributed by atoms with Crippen LogP contribution in [0, 0.1) is 10.1 Å². The maximum atomic E-state index is 12.5. The number of ether oxygens (including phenoxy) is 2. The Hall–Kier alpha value is -3.82. The molecule has 0 bridgehead atoms. The molecule has 0 aromatic heterocycles. The summed E-state index contributed by atoms with van der Waals surface area (Å²) in [4.78, 5) is 27.6. The summed E-state index contributed by atoms with van der Waals surface area (Å²) in [5.41, 5.74) is 1.98. The summed E-state index contributed by atoms with van der Waals surface area (Å²) in [6, 6.07) is 19.2. The molecule has 1 heterocycles. The molecule has 3 aromatic rings. The van der Waals surface area contributed by atoms with E-state index in [2.05, 4.69) is 10.3 Å². The van der Waals surface area contributed by atoms with E-state index in [4.69, 9.17) is 21.1 Å². The fourth-order valence-electron chi connectivity index (χ4n) is 3.18. The normalized spacial score (nSPS) is 15.3. The average molecular weight is 510 g/mol. The number of hydrogen-bond donors (Lipinski definition) is 1. The molecule has 8 nitrogen and oxygen atoms in total. The fraction of sp³-hybridized carbons (Fsp3) is 0.120. The first-order valence-electron chi connectivity index (χ1n) is 10.6. The van der Waals surface area contributed by atoms with Crippen molar-refractivity contribution in [1.82, 2.24) is 5.32 Å². The Kier molecular flexibility index (Phi) is 7.69. The number of aliphatic imine (C=N–C) groups is 1. The first-order valence-corrected chi connectivity index (χ1v) is 11.8. The number of carbonyl (C=O) groups excluding carboxylic acids is 1. The average Bonchev–Trinajstić information content (AvgIpc) is 3.19. The first kappa shape index (κ1) is 24.3. The number of nitrogens with one attached hydrogen (secondary N) is 1. The van der Waals surface area contributed by atoms with Crippen molar-refractivity contribution in [2.75, 3.05) is 6.61 Å². The Labute approximate surface area is 210 Å². The maximum absolute atomic E-state index is 12.5. The van der Waals surface area contributed by atoms with Crippen LogP contribution in [0.4, 0.5) is 11.4 Å². The number of amides is 1. The molecule has 4 rings (SSSR count). The second-order valence-corrected chi connectivity index (χ2v) is 8.73. The highest BCUT2D eigenvalue weighted by atomic mass is 35.5. The van der Waals surface area contributed by atoms with Gasteiger partial charge in [0.05, 0.1) is 27.1 Å². The lowest BCUT2D eigenvalue weighted by molar-refractivity contribution is -0.384. The molecule has 35 heavy (non-hydrogen) atoms. The van der Waals surface area contributed by atoms with Crippen LogP contribution in [0.15, 0.2) is 76.6 Å². The van der Waals surface area contributed by atoms with Crippen LogP contribution in [-0.2, 0) is 11.4 Å². The SMILES string of the molecule is CCOc1cc(/C=C2/SC(=Nc3ccc([N+](=O)[O-])cc3Cl)NC2=O)ccc1OCc1ccccc1. The highest BCUT2D eigenvalue weighted by Gasteiger charge is 2.24. The van der Waals surface area contributed by atoms with Gasteiger partial charge in [0.1, 0.15) is 6.61 Å². The number of amidine groups is 1. The minimum absolute atomic E-state index is 0.117. The minimum Gasteiger partial charge on any atom is -0.490 e. The van der Waals surface area contributed by atoms with E-state index in [1.54, 1.807) is 6.08 Å².